The SMILES string of the molecule is C=CC(=O)N1C[C@@H](C#N)[C@@H](Nc2cnc3[nH]cc(C(=O)NCC)c3n2)C1C. The molecule has 0 bridgehead atoms. The van der Waals surface area contributed by atoms with Gasteiger partial charge in [-0.05, 0) is 19.9 Å². The molecule has 3 N–H and O–H groups in total. The number of H-pyrrole nitrogens is 1. The Labute approximate surface area is 156 Å². The van der Waals surface area contributed by atoms with Gasteiger partial charge in [0.15, 0.2) is 5.65 Å². The van der Waals surface area contributed by atoms with Crippen molar-refractivity contribution in [1.29, 1.82) is 5.26 Å². The number of amides is 2. The fourth-order valence-corrected chi connectivity index (χ4v) is 3.33. The summed E-state index contributed by atoms with van der Waals surface area (Å²) >= 11 is 0. The van der Waals surface area contributed by atoms with Gasteiger partial charge < -0.3 is 20.5 Å². The monoisotopic (exact) mass is 367 g/mol. The molecule has 1 unspecified atom stereocenters. The zero-order chi connectivity index (χ0) is 19.6. The number of nitrogens with zero attached hydrogens (tertiary/aromatic N) is 4. The zero-order valence-electron chi connectivity index (χ0n) is 15.2. The van der Waals surface area contributed by atoms with Crippen molar-refractivity contribution in [3.63, 3.8) is 0 Å². The number of aromatic amines is 1. The lowest BCUT2D eigenvalue weighted by Gasteiger charge is -2.24. The van der Waals surface area contributed by atoms with Crippen LogP contribution in [0.3, 0.4) is 0 Å². The molecule has 140 valence electrons. The second kappa shape index (κ2) is 7.45. The standard InChI is InChI=1S/C18H21N7O2/c1-4-14(26)25-9-11(6-19)15(10(25)3)23-13-8-22-17-16(24-13)12(7-21-17)18(27)20-5-2/h4,7-8,10-11,15H,1,5,9H2,2-3H3,(H,20,27)(H,21,22)(H,23,24)/t10?,11-,15+/m1/s1. The topological polar surface area (TPSA) is 127 Å². The van der Waals surface area contributed by atoms with Crippen molar-refractivity contribution in [2.45, 2.75) is 25.9 Å². The lowest BCUT2D eigenvalue weighted by molar-refractivity contribution is -0.126. The van der Waals surface area contributed by atoms with E-state index >= 15 is 0 Å². The van der Waals surface area contributed by atoms with Gasteiger partial charge in [-0.1, -0.05) is 6.58 Å². The smallest absolute Gasteiger partial charge is 0.255 e. The number of fused-ring (bicyclic) bond motifs is 1. The second-order valence-corrected chi connectivity index (χ2v) is 6.36. The van der Waals surface area contributed by atoms with Crippen LogP contribution in [-0.2, 0) is 4.79 Å². The lowest BCUT2D eigenvalue weighted by atomic mass is 10.0. The van der Waals surface area contributed by atoms with Gasteiger partial charge in [-0.3, -0.25) is 9.59 Å². The van der Waals surface area contributed by atoms with Crippen LogP contribution in [0.1, 0.15) is 24.2 Å². The molecule has 1 aliphatic heterocycles. The number of hydrogen-bond donors (Lipinski definition) is 3. The van der Waals surface area contributed by atoms with Crippen LogP contribution in [-0.4, -0.2) is 56.8 Å². The number of rotatable bonds is 5. The second-order valence-electron chi connectivity index (χ2n) is 6.36. The van der Waals surface area contributed by atoms with Crippen molar-refractivity contribution >= 4 is 28.8 Å². The number of nitriles is 1. The van der Waals surface area contributed by atoms with Crippen molar-refractivity contribution in [1.82, 2.24) is 25.2 Å². The fourth-order valence-electron chi connectivity index (χ4n) is 3.33. The van der Waals surface area contributed by atoms with E-state index in [1.165, 1.54) is 6.08 Å². The third-order valence-corrected chi connectivity index (χ3v) is 4.74. The minimum absolute atomic E-state index is 0.210. The molecule has 2 aromatic heterocycles. The van der Waals surface area contributed by atoms with Gasteiger partial charge in [-0.15, -0.1) is 0 Å². The Bertz CT molecular complexity index is 929. The highest BCUT2D eigenvalue weighted by molar-refractivity contribution is 6.04. The number of aromatic nitrogens is 3. The van der Waals surface area contributed by atoms with Gasteiger partial charge in [-0.2, -0.15) is 5.26 Å². The molecule has 3 atom stereocenters. The minimum Gasteiger partial charge on any atom is -0.363 e. The number of carbonyl (C=O) groups is 2. The van der Waals surface area contributed by atoms with E-state index in [-0.39, 0.29) is 23.9 Å². The molecule has 1 fully saturated rings. The number of likely N-dealkylation sites (tertiary alicyclic amines) is 1. The van der Waals surface area contributed by atoms with Gasteiger partial charge in [0.05, 0.1) is 35.8 Å². The number of anilines is 1. The first kappa shape index (κ1) is 18.4. The molecule has 0 spiro atoms. The summed E-state index contributed by atoms with van der Waals surface area (Å²) in [6, 6.07) is 1.72. The summed E-state index contributed by atoms with van der Waals surface area (Å²) in [5.41, 5.74) is 1.36. The Morgan fingerprint density at radius 3 is 3.00 bits per heavy atom. The van der Waals surface area contributed by atoms with Gasteiger partial charge in [0, 0.05) is 19.3 Å². The Morgan fingerprint density at radius 1 is 1.56 bits per heavy atom. The maximum Gasteiger partial charge on any atom is 0.255 e. The highest BCUT2D eigenvalue weighted by Crippen LogP contribution is 2.27. The fraction of sp³-hybridized carbons (Fsp3) is 0.389. The number of hydrogen-bond acceptors (Lipinski definition) is 6. The van der Waals surface area contributed by atoms with E-state index < -0.39 is 5.92 Å². The molecular formula is C18H21N7O2. The third-order valence-electron chi connectivity index (χ3n) is 4.74. The Hall–Kier alpha value is -3.41. The number of nitrogens with one attached hydrogen (secondary N) is 3. The molecule has 2 aromatic rings. The van der Waals surface area contributed by atoms with Crippen molar-refractivity contribution in [3.8, 4) is 6.07 Å². The van der Waals surface area contributed by atoms with E-state index in [0.717, 1.165) is 0 Å². The molecule has 3 rings (SSSR count). The van der Waals surface area contributed by atoms with Gasteiger partial charge in [0.1, 0.15) is 11.3 Å². The zero-order valence-corrected chi connectivity index (χ0v) is 15.2. The van der Waals surface area contributed by atoms with Gasteiger partial charge in [0.25, 0.3) is 5.91 Å². The largest absolute Gasteiger partial charge is 0.363 e. The molecule has 9 heteroatoms. The van der Waals surface area contributed by atoms with Crippen molar-refractivity contribution in [2.24, 2.45) is 5.92 Å². The third kappa shape index (κ3) is 3.33. The Kier molecular flexibility index (Phi) is 5.07. The minimum atomic E-state index is -0.393. The van der Waals surface area contributed by atoms with E-state index in [1.54, 1.807) is 17.3 Å². The normalized spacial score (nSPS) is 21.7. The van der Waals surface area contributed by atoms with Crippen molar-refractivity contribution < 1.29 is 9.59 Å². The first-order valence-corrected chi connectivity index (χ1v) is 8.71. The van der Waals surface area contributed by atoms with E-state index in [4.69, 9.17) is 0 Å². The van der Waals surface area contributed by atoms with Crippen LogP contribution in [0.5, 0.6) is 0 Å². The summed E-state index contributed by atoms with van der Waals surface area (Å²) in [5, 5.41) is 15.4. The average molecular weight is 367 g/mol. The molecule has 0 radical (unpaired) electrons. The maximum atomic E-state index is 12.2. The first-order valence-electron chi connectivity index (χ1n) is 8.71. The van der Waals surface area contributed by atoms with Gasteiger partial charge in [0.2, 0.25) is 5.91 Å². The highest BCUT2D eigenvalue weighted by atomic mass is 16.2. The van der Waals surface area contributed by atoms with Crippen LogP contribution in [0.2, 0.25) is 0 Å². The van der Waals surface area contributed by atoms with Crippen LogP contribution in [0.15, 0.2) is 25.0 Å². The molecule has 0 aliphatic carbocycles. The first-order chi connectivity index (χ1) is 13.0. The van der Waals surface area contributed by atoms with Gasteiger partial charge >= 0.3 is 0 Å². The summed E-state index contributed by atoms with van der Waals surface area (Å²) in [6.45, 7) is 8.05. The van der Waals surface area contributed by atoms with E-state index in [2.05, 4.69) is 38.2 Å². The van der Waals surface area contributed by atoms with Crippen LogP contribution in [0, 0.1) is 17.2 Å². The van der Waals surface area contributed by atoms with E-state index in [1.807, 2.05) is 13.8 Å². The molecule has 0 aromatic carbocycles. The predicted octanol–water partition coefficient (Wildman–Crippen LogP) is 1.04. The predicted molar refractivity (Wildman–Crippen MR) is 99.8 cm³/mol. The molecule has 9 nitrogen and oxygen atoms in total. The Morgan fingerprint density at radius 2 is 2.33 bits per heavy atom. The van der Waals surface area contributed by atoms with Crippen LogP contribution in [0.25, 0.3) is 11.2 Å². The molecule has 0 saturated carbocycles. The summed E-state index contributed by atoms with van der Waals surface area (Å²) in [5.74, 6) is -0.395. The molecule has 1 aliphatic rings. The highest BCUT2D eigenvalue weighted by Gasteiger charge is 2.41. The average Bonchev–Trinajstić information content (AvgIpc) is 3.23. The summed E-state index contributed by atoms with van der Waals surface area (Å²) in [4.78, 5) is 37.5. The molecule has 27 heavy (non-hydrogen) atoms. The van der Waals surface area contributed by atoms with Crippen molar-refractivity contribution in [3.05, 3.63) is 30.6 Å². The van der Waals surface area contributed by atoms with Crippen LogP contribution in [0.4, 0.5) is 5.82 Å². The lowest BCUT2D eigenvalue weighted by Crippen LogP contribution is -2.39. The quantitative estimate of drug-likeness (QED) is 0.678. The maximum absolute atomic E-state index is 12.2. The van der Waals surface area contributed by atoms with Crippen molar-refractivity contribution in [2.75, 3.05) is 18.4 Å². The molecule has 1 saturated heterocycles. The summed E-state index contributed by atoms with van der Waals surface area (Å²) in [7, 11) is 0. The van der Waals surface area contributed by atoms with Crippen LogP contribution < -0.4 is 10.6 Å². The molecule has 3 heterocycles. The molecular weight excluding hydrogens is 346 g/mol. The number of carbonyl (C=O) groups excluding carboxylic acids is 2. The van der Waals surface area contributed by atoms with Crippen LogP contribution >= 0.6 is 0 Å². The van der Waals surface area contributed by atoms with E-state index in [0.29, 0.717) is 35.6 Å². The van der Waals surface area contributed by atoms with E-state index in [9.17, 15) is 14.9 Å². The summed E-state index contributed by atoms with van der Waals surface area (Å²) in [6.07, 6.45) is 4.36. The van der Waals surface area contributed by atoms with Gasteiger partial charge in [-0.25, -0.2) is 9.97 Å². The summed E-state index contributed by atoms with van der Waals surface area (Å²) < 4.78 is 0. The molecule has 2 amide bonds. The Balaban J connectivity index is 1.88.